The van der Waals surface area contributed by atoms with Gasteiger partial charge in [-0.2, -0.15) is 0 Å². The van der Waals surface area contributed by atoms with Gasteiger partial charge in [-0.15, -0.1) is 6.58 Å². The molecule has 0 aliphatic carbocycles. The fourth-order valence-corrected chi connectivity index (χ4v) is 3.05. The Bertz CT molecular complexity index is 795. The van der Waals surface area contributed by atoms with Gasteiger partial charge < -0.3 is 5.32 Å². The first-order valence-electron chi connectivity index (χ1n) is 6.76. The number of anilines is 1. The molecule has 5 nitrogen and oxygen atoms in total. The van der Waals surface area contributed by atoms with Gasteiger partial charge in [-0.25, -0.2) is 8.42 Å². The number of benzene rings is 2. The number of carbonyl (C=O) groups excluding carboxylic acids is 1. The second-order valence-electron chi connectivity index (χ2n) is 4.86. The summed E-state index contributed by atoms with van der Waals surface area (Å²) in [7, 11) is -3.58. The Kier molecular flexibility index (Phi) is 4.82. The molecule has 0 radical (unpaired) electrons. The molecular formula is C16H18N2O3S. The lowest BCUT2D eigenvalue weighted by Gasteiger charge is -2.23. The van der Waals surface area contributed by atoms with Gasteiger partial charge in [0.25, 0.3) is 0 Å². The average molecular weight is 318 g/mol. The van der Waals surface area contributed by atoms with Crippen LogP contribution >= 0.6 is 0 Å². The zero-order chi connectivity index (χ0) is 16.2. The van der Waals surface area contributed by atoms with Gasteiger partial charge in [-0.05, 0) is 11.5 Å². The Balaban J connectivity index is 2.45. The largest absolute Gasteiger partial charge is 0.351 e. The van der Waals surface area contributed by atoms with Crippen LogP contribution in [0.2, 0.25) is 0 Å². The van der Waals surface area contributed by atoms with Gasteiger partial charge in [0, 0.05) is 11.9 Å². The van der Waals surface area contributed by atoms with Crippen molar-refractivity contribution in [2.24, 2.45) is 0 Å². The number of carbonyl (C=O) groups is 1. The predicted molar refractivity (Wildman–Crippen MR) is 89.3 cm³/mol. The third-order valence-electron chi connectivity index (χ3n) is 3.17. The summed E-state index contributed by atoms with van der Waals surface area (Å²) in [5.74, 6) is -0.377. The van der Waals surface area contributed by atoms with E-state index < -0.39 is 10.0 Å². The first-order chi connectivity index (χ1) is 10.4. The van der Waals surface area contributed by atoms with Crippen molar-refractivity contribution in [3.63, 3.8) is 0 Å². The SMILES string of the molecule is C=CCNC(=O)CN(c1cccc2ccccc12)S(C)(=O)=O. The minimum Gasteiger partial charge on any atom is -0.351 e. The van der Waals surface area contributed by atoms with Crippen molar-refractivity contribution >= 4 is 32.4 Å². The highest BCUT2D eigenvalue weighted by Gasteiger charge is 2.22. The van der Waals surface area contributed by atoms with E-state index in [-0.39, 0.29) is 12.5 Å². The van der Waals surface area contributed by atoms with Crippen molar-refractivity contribution in [3.8, 4) is 0 Å². The number of hydrogen-bond donors (Lipinski definition) is 1. The highest BCUT2D eigenvalue weighted by Crippen LogP contribution is 2.28. The van der Waals surface area contributed by atoms with Crippen LogP contribution in [-0.4, -0.2) is 33.7 Å². The number of hydrogen-bond acceptors (Lipinski definition) is 3. The first-order valence-corrected chi connectivity index (χ1v) is 8.61. The second-order valence-corrected chi connectivity index (χ2v) is 6.77. The van der Waals surface area contributed by atoms with Crippen LogP contribution in [-0.2, 0) is 14.8 Å². The van der Waals surface area contributed by atoms with E-state index in [0.29, 0.717) is 12.2 Å². The fraction of sp³-hybridized carbons (Fsp3) is 0.188. The summed E-state index contributed by atoms with van der Waals surface area (Å²) in [6, 6.07) is 12.8. The first kappa shape index (κ1) is 16.0. The zero-order valence-corrected chi connectivity index (χ0v) is 13.1. The lowest BCUT2D eigenvalue weighted by Crippen LogP contribution is -2.40. The molecule has 1 amide bonds. The lowest BCUT2D eigenvalue weighted by molar-refractivity contribution is -0.119. The smallest absolute Gasteiger partial charge is 0.241 e. The Labute approximate surface area is 130 Å². The van der Waals surface area contributed by atoms with Crippen LogP contribution in [0, 0.1) is 0 Å². The maximum atomic E-state index is 12.1. The lowest BCUT2D eigenvalue weighted by atomic mass is 10.1. The molecule has 0 saturated heterocycles. The Morgan fingerprint density at radius 3 is 2.59 bits per heavy atom. The standard InChI is InChI=1S/C16H18N2O3S/c1-3-11-17-16(19)12-18(22(2,20)21)15-10-6-8-13-7-4-5-9-14(13)15/h3-10H,1,11-12H2,2H3,(H,17,19). The van der Waals surface area contributed by atoms with Crippen molar-refractivity contribution < 1.29 is 13.2 Å². The molecule has 0 atom stereocenters. The van der Waals surface area contributed by atoms with Gasteiger partial charge in [0.1, 0.15) is 6.54 Å². The molecule has 0 unspecified atom stereocenters. The van der Waals surface area contributed by atoms with Crippen LogP contribution in [0.5, 0.6) is 0 Å². The molecule has 0 aliphatic heterocycles. The molecule has 2 rings (SSSR count). The molecule has 0 heterocycles. The molecule has 22 heavy (non-hydrogen) atoms. The molecule has 2 aromatic carbocycles. The summed E-state index contributed by atoms with van der Waals surface area (Å²) >= 11 is 0. The van der Waals surface area contributed by atoms with Crippen molar-refractivity contribution in [2.45, 2.75) is 0 Å². The summed E-state index contributed by atoms with van der Waals surface area (Å²) in [6.07, 6.45) is 2.64. The molecule has 116 valence electrons. The quantitative estimate of drug-likeness (QED) is 0.827. The molecule has 0 fully saturated rings. The van der Waals surface area contributed by atoms with Gasteiger partial charge in [0.05, 0.1) is 11.9 Å². The van der Waals surface area contributed by atoms with Gasteiger partial charge >= 0.3 is 0 Å². The van der Waals surface area contributed by atoms with Crippen LogP contribution in [0.25, 0.3) is 10.8 Å². The summed E-state index contributed by atoms with van der Waals surface area (Å²) in [5, 5.41) is 4.29. The van der Waals surface area contributed by atoms with E-state index in [1.807, 2.05) is 30.3 Å². The molecule has 0 saturated carbocycles. The van der Waals surface area contributed by atoms with Crippen LogP contribution in [0.3, 0.4) is 0 Å². The van der Waals surface area contributed by atoms with E-state index >= 15 is 0 Å². The average Bonchev–Trinajstić information content (AvgIpc) is 2.49. The van der Waals surface area contributed by atoms with Gasteiger partial charge in [0.15, 0.2) is 0 Å². The minimum atomic E-state index is -3.58. The molecular weight excluding hydrogens is 300 g/mol. The summed E-state index contributed by atoms with van der Waals surface area (Å²) in [4.78, 5) is 11.9. The summed E-state index contributed by atoms with van der Waals surface area (Å²) in [6.45, 7) is 3.55. The molecule has 0 bridgehead atoms. The fourth-order valence-electron chi connectivity index (χ4n) is 2.18. The predicted octanol–water partition coefficient (Wildman–Crippen LogP) is 1.91. The molecule has 6 heteroatoms. The van der Waals surface area contributed by atoms with E-state index in [4.69, 9.17) is 0 Å². The zero-order valence-electron chi connectivity index (χ0n) is 12.3. The number of rotatable bonds is 6. The van der Waals surface area contributed by atoms with Crippen molar-refractivity contribution in [1.82, 2.24) is 5.32 Å². The summed E-state index contributed by atoms with van der Waals surface area (Å²) in [5.41, 5.74) is 0.495. The van der Waals surface area contributed by atoms with Crippen molar-refractivity contribution in [2.75, 3.05) is 23.7 Å². The van der Waals surface area contributed by atoms with Crippen LogP contribution in [0.1, 0.15) is 0 Å². The van der Waals surface area contributed by atoms with Crippen LogP contribution in [0.4, 0.5) is 5.69 Å². The number of fused-ring (bicyclic) bond motifs is 1. The maximum absolute atomic E-state index is 12.1. The molecule has 0 spiro atoms. The van der Waals surface area contributed by atoms with E-state index in [9.17, 15) is 13.2 Å². The molecule has 0 aliphatic rings. The van der Waals surface area contributed by atoms with Gasteiger partial charge in [-0.3, -0.25) is 9.10 Å². The van der Waals surface area contributed by atoms with Gasteiger partial charge in [0.2, 0.25) is 15.9 Å². The van der Waals surface area contributed by atoms with E-state index in [1.54, 1.807) is 18.2 Å². The van der Waals surface area contributed by atoms with Crippen LogP contribution < -0.4 is 9.62 Å². The van der Waals surface area contributed by atoms with Crippen LogP contribution in [0.15, 0.2) is 55.1 Å². The number of nitrogens with zero attached hydrogens (tertiary/aromatic N) is 1. The molecule has 1 N–H and O–H groups in total. The monoisotopic (exact) mass is 318 g/mol. The summed E-state index contributed by atoms with van der Waals surface area (Å²) < 4.78 is 25.3. The minimum absolute atomic E-state index is 0.263. The van der Waals surface area contributed by atoms with E-state index in [1.165, 1.54) is 0 Å². The number of amides is 1. The second kappa shape index (κ2) is 6.62. The Morgan fingerprint density at radius 1 is 1.23 bits per heavy atom. The third-order valence-corrected chi connectivity index (χ3v) is 4.29. The number of nitrogens with one attached hydrogen (secondary N) is 1. The third kappa shape index (κ3) is 3.65. The normalized spacial score (nSPS) is 11.1. The van der Waals surface area contributed by atoms with Gasteiger partial charge in [-0.1, -0.05) is 42.5 Å². The number of sulfonamides is 1. The van der Waals surface area contributed by atoms with E-state index in [0.717, 1.165) is 21.3 Å². The van der Waals surface area contributed by atoms with Crippen molar-refractivity contribution in [1.29, 1.82) is 0 Å². The molecule has 0 aromatic heterocycles. The van der Waals surface area contributed by atoms with Crippen molar-refractivity contribution in [3.05, 3.63) is 55.1 Å². The molecule has 2 aromatic rings. The topological polar surface area (TPSA) is 66.5 Å². The highest BCUT2D eigenvalue weighted by molar-refractivity contribution is 7.92. The maximum Gasteiger partial charge on any atom is 0.241 e. The highest BCUT2D eigenvalue weighted by atomic mass is 32.2. The van der Waals surface area contributed by atoms with E-state index in [2.05, 4.69) is 11.9 Å². The Hall–Kier alpha value is -2.34. The Morgan fingerprint density at radius 2 is 1.91 bits per heavy atom.